The highest BCUT2D eigenvalue weighted by Crippen LogP contribution is 2.39. The van der Waals surface area contributed by atoms with Crippen molar-refractivity contribution in [1.29, 1.82) is 0 Å². The maximum absolute atomic E-state index is 13.2. The minimum atomic E-state index is -0.642. The molecule has 0 saturated carbocycles. The van der Waals surface area contributed by atoms with Crippen LogP contribution in [0.5, 0.6) is 17.2 Å². The summed E-state index contributed by atoms with van der Waals surface area (Å²) in [6.07, 6.45) is -0.0794. The number of hydrogen-bond donors (Lipinski definition) is 3. The van der Waals surface area contributed by atoms with Crippen molar-refractivity contribution in [2.75, 3.05) is 26.4 Å². The van der Waals surface area contributed by atoms with Crippen molar-refractivity contribution < 1.29 is 33.0 Å². The summed E-state index contributed by atoms with van der Waals surface area (Å²) in [5, 5.41) is 2.41. The molecule has 0 aliphatic rings. The molecule has 3 N–H and O–H groups in total. The Hall–Kier alpha value is -3.82. The van der Waals surface area contributed by atoms with Crippen molar-refractivity contribution in [3.63, 3.8) is 0 Å². The SMILES string of the molecule is CCOc1cc(C(=O)NNC(=O)CNC(=O)Cc2cccc(F)c2)cc(OCC)c1OCC. The Labute approximate surface area is 191 Å². The number of amides is 3. The minimum absolute atomic E-state index is 0.0794. The fourth-order valence-electron chi connectivity index (χ4n) is 2.84. The largest absolute Gasteiger partial charge is 0.490 e. The molecule has 178 valence electrons. The van der Waals surface area contributed by atoms with E-state index in [0.29, 0.717) is 42.6 Å². The molecule has 0 bridgehead atoms. The highest BCUT2D eigenvalue weighted by atomic mass is 19.1. The van der Waals surface area contributed by atoms with Gasteiger partial charge in [0.15, 0.2) is 11.5 Å². The Morgan fingerprint density at radius 2 is 1.48 bits per heavy atom. The van der Waals surface area contributed by atoms with Gasteiger partial charge in [-0.15, -0.1) is 0 Å². The molecular formula is C23H28FN3O6. The van der Waals surface area contributed by atoms with Gasteiger partial charge in [0.1, 0.15) is 5.82 Å². The molecule has 10 heteroatoms. The number of benzene rings is 2. The molecule has 0 radical (unpaired) electrons. The molecule has 3 amide bonds. The third-order valence-corrected chi connectivity index (χ3v) is 4.19. The molecule has 0 spiro atoms. The zero-order valence-electron chi connectivity index (χ0n) is 18.8. The molecule has 0 aliphatic carbocycles. The quantitative estimate of drug-likeness (QED) is 0.442. The fourth-order valence-corrected chi connectivity index (χ4v) is 2.84. The molecule has 9 nitrogen and oxygen atoms in total. The van der Waals surface area contributed by atoms with Crippen LogP contribution in [-0.2, 0) is 16.0 Å². The molecule has 0 aliphatic heterocycles. The lowest BCUT2D eigenvalue weighted by atomic mass is 10.1. The first-order valence-electron chi connectivity index (χ1n) is 10.5. The van der Waals surface area contributed by atoms with E-state index in [-0.39, 0.29) is 18.5 Å². The molecule has 2 aromatic rings. The van der Waals surface area contributed by atoms with E-state index in [1.807, 2.05) is 6.92 Å². The van der Waals surface area contributed by atoms with E-state index in [0.717, 1.165) is 0 Å². The fraction of sp³-hybridized carbons (Fsp3) is 0.348. The van der Waals surface area contributed by atoms with Gasteiger partial charge in [0.25, 0.3) is 11.8 Å². The Balaban J connectivity index is 1.94. The van der Waals surface area contributed by atoms with E-state index in [4.69, 9.17) is 14.2 Å². The maximum atomic E-state index is 13.2. The summed E-state index contributed by atoms with van der Waals surface area (Å²) in [6.45, 7) is 6.13. The van der Waals surface area contributed by atoms with Crippen molar-refractivity contribution in [1.82, 2.24) is 16.2 Å². The lowest BCUT2D eigenvalue weighted by Crippen LogP contribution is -2.46. The van der Waals surface area contributed by atoms with Gasteiger partial charge in [-0.2, -0.15) is 0 Å². The van der Waals surface area contributed by atoms with E-state index in [2.05, 4.69) is 16.2 Å². The Morgan fingerprint density at radius 3 is 2.06 bits per heavy atom. The van der Waals surface area contributed by atoms with E-state index < -0.39 is 23.5 Å². The number of nitrogens with one attached hydrogen (secondary N) is 3. The van der Waals surface area contributed by atoms with Crippen LogP contribution >= 0.6 is 0 Å². The topological polar surface area (TPSA) is 115 Å². The van der Waals surface area contributed by atoms with Crippen LogP contribution in [0.3, 0.4) is 0 Å². The van der Waals surface area contributed by atoms with Crippen LogP contribution in [0.25, 0.3) is 0 Å². The molecule has 2 rings (SSSR count). The molecule has 0 unspecified atom stereocenters. The third-order valence-electron chi connectivity index (χ3n) is 4.19. The maximum Gasteiger partial charge on any atom is 0.269 e. The lowest BCUT2D eigenvalue weighted by molar-refractivity contribution is -0.126. The van der Waals surface area contributed by atoms with Crippen LogP contribution in [0, 0.1) is 5.82 Å². The number of halogens is 1. The van der Waals surface area contributed by atoms with Crippen LogP contribution in [0.2, 0.25) is 0 Å². The summed E-state index contributed by atoms with van der Waals surface area (Å²) >= 11 is 0. The summed E-state index contributed by atoms with van der Waals surface area (Å²) in [7, 11) is 0. The number of hydrazine groups is 1. The number of carbonyl (C=O) groups excluding carboxylic acids is 3. The van der Waals surface area contributed by atoms with Crippen LogP contribution in [0.4, 0.5) is 4.39 Å². The number of hydrogen-bond acceptors (Lipinski definition) is 6. The average Bonchev–Trinajstić information content (AvgIpc) is 2.78. The second-order valence-corrected chi connectivity index (χ2v) is 6.69. The molecule has 33 heavy (non-hydrogen) atoms. The van der Waals surface area contributed by atoms with Crippen molar-refractivity contribution in [3.05, 3.63) is 53.3 Å². The van der Waals surface area contributed by atoms with Gasteiger partial charge in [0.05, 0.1) is 32.8 Å². The lowest BCUT2D eigenvalue weighted by Gasteiger charge is -2.17. The smallest absolute Gasteiger partial charge is 0.269 e. The van der Waals surface area contributed by atoms with E-state index >= 15 is 0 Å². The zero-order valence-corrected chi connectivity index (χ0v) is 18.8. The standard InChI is InChI=1S/C23H28FN3O6/c1-4-31-18-12-16(13-19(32-5-2)22(18)33-6-3)23(30)27-26-21(29)14-25-20(28)11-15-8-7-9-17(24)10-15/h7-10,12-13H,4-6,11,14H2,1-3H3,(H,25,28)(H,26,29)(H,27,30). The zero-order chi connectivity index (χ0) is 24.2. The van der Waals surface area contributed by atoms with Gasteiger partial charge in [-0.25, -0.2) is 4.39 Å². The van der Waals surface area contributed by atoms with Crippen LogP contribution in [-0.4, -0.2) is 44.1 Å². The van der Waals surface area contributed by atoms with Crippen molar-refractivity contribution in [3.8, 4) is 17.2 Å². The molecule has 0 atom stereocenters. The van der Waals surface area contributed by atoms with Gasteiger partial charge in [-0.3, -0.25) is 25.2 Å². The molecular weight excluding hydrogens is 433 g/mol. The molecule has 0 saturated heterocycles. The Morgan fingerprint density at radius 1 is 0.848 bits per heavy atom. The van der Waals surface area contributed by atoms with E-state index in [1.54, 1.807) is 19.9 Å². The van der Waals surface area contributed by atoms with Gasteiger partial charge in [0.2, 0.25) is 11.7 Å². The average molecular weight is 461 g/mol. The van der Waals surface area contributed by atoms with E-state index in [9.17, 15) is 18.8 Å². The van der Waals surface area contributed by atoms with Gasteiger partial charge >= 0.3 is 0 Å². The van der Waals surface area contributed by atoms with Crippen molar-refractivity contribution in [2.24, 2.45) is 0 Å². The summed E-state index contributed by atoms with van der Waals surface area (Å²) in [4.78, 5) is 36.5. The van der Waals surface area contributed by atoms with Gasteiger partial charge < -0.3 is 19.5 Å². The third kappa shape index (κ3) is 7.99. The Bertz CT molecular complexity index is 955. The van der Waals surface area contributed by atoms with Crippen LogP contribution < -0.4 is 30.4 Å². The summed E-state index contributed by atoms with van der Waals surface area (Å²) in [5.74, 6) is -1.09. The summed E-state index contributed by atoms with van der Waals surface area (Å²) in [5.41, 5.74) is 5.16. The van der Waals surface area contributed by atoms with Crippen molar-refractivity contribution >= 4 is 17.7 Å². The normalized spacial score (nSPS) is 10.2. The first kappa shape index (κ1) is 25.4. The number of rotatable bonds is 11. The predicted molar refractivity (Wildman–Crippen MR) is 119 cm³/mol. The molecule has 0 aromatic heterocycles. The van der Waals surface area contributed by atoms with Crippen LogP contribution in [0.15, 0.2) is 36.4 Å². The minimum Gasteiger partial charge on any atom is -0.490 e. The van der Waals surface area contributed by atoms with Crippen LogP contribution in [0.1, 0.15) is 36.7 Å². The van der Waals surface area contributed by atoms with Gasteiger partial charge in [-0.05, 0) is 50.6 Å². The second kappa shape index (κ2) is 12.9. The first-order chi connectivity index (χ1) is 15.9. The molecule has 2 aromatic carbocycles. The number of carbonyl (C=O) groups is 3. The Kier molecular flexibility index (Phi) is 9.94. The highest BCUT2D eigenvalue weighted by Gasteiger charge is 2.19. The summed E-state index contributed by atoms with van der Waals surface area (Å²) < 4.78 is 29.9. The van der Waals surface area contributed by atoms with E-state index in [1.165, 1.54) is 30.3 Å². The van der Waals surface area contributed by atoms with Gasteiger partial charge in [-0.1, -0.05) is 12.1 Å². The first-order valence-corrected chi connectivity index (χ1v) is 10.5. The number of ether oxygens (including phenoxy) is 3. The van der Waals surface area contributed by atoms with Crippen molar-refractivity contribution in [2.45, 2.75) is 27.2 Å². The summed E-state index contributed by atoms with van der Waals surface area (Å²) in [6, 6.07) is 8.58. The molecule has 0 fully saturated rings. The van der Waals surface area contributed by atoms with Gasteiger partial charge in [0, 0.05) is 5.56 Å². The molecule has 0 heterocycles. The predicted octanol–water partition coefficient (Wildman–Crippen LogP) is 2.14. The highest BCUT2D eigenvalue weighted by molar-refractivity contribution is 5.97. The monoisotopic (exact) mass is 461 g/mol. The second-order valence-electron chi connectivity index (χ2n) is 6.69.